The third kappa shape index (κ3) is 5.59. The Hall–Kier alpha value is -1.82. The zero-order valence-corrected chi connectivity index (χ0v) is 15.3. The Balaban J connectivity index is 1.93. The maximum Gasteiger partial charge on any atom is 0.311 e. The molecule has 0 radical (unpaired) electrons. The summed E-state index contributed by atoms with van der Waals surface area (Å²) in [5.41, 5.74) is 0.828. The minimum Gasteiger partial charge on any atom is -0.452 e. The van der Waals surface area contributed by atoms with E-state index >= 15 is 0 Å². The highest BCUT2D eigenvalue weighted by molar-refractivity contribution is 6.42. The molecule has 2 rings (SSSR count). The maximum absolute atomic E-state index is 13.0. The number of halogens is 4. The van der Waals surface area contributed by atoms with Crippen molar-refractivity contribution in [2.24, 2.45) is 0 Å². The molecule has 0 heterocycles. The Labute approximate surface area is 158 Å². The first-order valence-electron chi connectivity index (χ1n) is 7.15. The number of amides is 1. The van der Waals surface area contributed by atoms with Crippen LogP contribution in [0.1, 0.15) is 12.5 Å². The molecule has 1 atom stereocenters. The number of nitrogens with one attached hydrogen (secondary N) is 1. The SMILES string of the molecule is CC(OC(=O)Cc1ccc(Cl)c(Cl)c1)C(=O)Nc1ccc(F)cc1Cl. The van der Waals surface area contributed by atoms with Crippen molar-refractivity contribution in [2.45, 2.75) is 19.4 Å². The zero-order chi connectivity index (χ0) is 18.6. The van der Waals surface area contributed by atoms with E-state index in [0.717, 1.165) is 12.1 Å². The average Bonchev–Trinajstić information content (AvgIpc) is 2.53. The summed E-state index contributed by atoms with van der Waals surface area (Å²) < 4.78 is 18.1. The normalized spacial score (nSPS) is 11.7. The number of carbonyl (C=O) groups is 2. The van der Waals surface area contributed by atoms with Crippen LogP contribution in [0.2, 0.25) is 15.1 Å². The van der Waals surface area contributed by atoms with E-state index in [0.29, 0.717) is 15.6 Å². The maximum atomic E-state index is 13.0. The van der Waals surface area contributed by atoms with Gasteiger partial charge < -0.3 is 10.1 Å². The van der Waals surface area contributed by atoms with Gasteiger partial charge in [0.05, 0.1) is 27.2 Å². The van der Waals surface area contributed by atoms with Gasteiger partial charge >= 0.3 is 5.97 Å². The van der Waals surface area contributed by atoms with Gasteiger partial charge in [-0.1, -0.05) is 40.9 Å². The second kappa shape index (κ2) is 8.52. The predicted octanol–water partition coefficient (Wildman–Crippen LogP) is 4.90. The first-order chi connectivity index (χ1) is 11.8. The number of rotatable bonds is 5. The van der Waals surface area contributed by atoms with E-state index in [9.17, 15) is 14.0 Å². The lowest BCUT2D eigenvalue weighted by molar-refractivity contribution is -0.152. The molecular weight excluding hydrogens is 392 g/mol. The summed E-state index contributed by atoms with van der Waals surface area (Å²) in [7, 11) is 0. The van der Waals surface area contributed by atoms with Crippen LogP contribution in [0.25, 0.3) is 0 Å². The van der Waals surface area contributed by atoms with Gasteiger partial charge in [-0.05, 0) is 42.8 Å². The number of benzene rings is 2. The molecule has 8 heteroatoms. The van der Waals surface area contributed by atoms with E-state index in [1.54, 1.807) is 18.2 Å². The minimum atomic E-state index is -1.06. The van der Waals surface area contributed by atoms with Gasteiger partial charge in [0, 0.05) is 0 Å². The summed E-state index contributed by atoms with van der Waals surface area (Å²) in [6.07, 6.45) is -1.12. The predicted molar refractivity (Wildman–Crippen MR) is 95.8 cm³/mol. The van der Waals surface area contributed by atoms with E-state index in [1.807, 2.05) is 0 Å². The molecule has 2 aromatic carbocycles. The van der Waals surface area contributed by atoms with Gasteiger partial charge in [-0.25, -0.2) is 4.39 Å². The summed E-state index contributed by atoms with van der Waals surface area (Å²) in [4.78, 5) is 24.0. The third-order valence-corrected chi connectivity index (χ3v) is 4.25. The number of anilines is 1. The van der Waals surface area contributed by atoms with Gasteiger partial charge in [0.25, 0.3) is 5.91 Å². The summed E-state index contributed by atoms with van der Waals surface area (Å²) in [5.74, 6) is -1.72. The summed E-state index contributed by atoms with van der Waals surface area (Å²) in [5, 5.41) is 3.21. The molecule has 0 fully saturated rings. The highest BCUT2D eigenvalue weighted by Gasteiger charge is 2.19. The first-order valence-corrected chi connectivity index (χ1v) is 8.29. The molecule has 1 amide bonds. The van der Waals surface area contributed by atoms with Gasteiger partial charge in [0.2, 0.25) is 0 Å². The van der Waals surface area contributed by atoms with E-state index < -0.39 is 23.8 Å². The smallest absolute Gasteiger partial charge is 0.311 e. The Morgan fingerprint density at radius 3 is 2.44 bits per heavy atom. The van der Waals surface area contributed by atoms with Crippen LogP contribution in [0.4, 0.5) is 10.1 Å². The monoisotopic (exact) mass is 403 g/mol. The van der Waals surface area contributed by atoms with Crippen molar-refractivity contribution in [1.82, 2.24) is 0 Å². The van der Waals surface area contributed by atoms with Crippen molar-refractivity contribution in [3.8, 4) is 0 Å². The highest BCUT2D eigenvalue weighted by Crippen LogP contribution is 2.24. The summed E-state index contributed by atoms with van der Waals surface area (Å²) in [6.45, 7) is 1.42. The van der Waals surface area contributed by atoms with Crippen molar-refractivity contribution >= 4 is 52.4 Å². The molecule has 0 aliphatic carbocycles. The Morgan fingerprint density at radius 2 is 1.80 bits per heavy atom. The number of hydrogen-bond donors (Lipinski definition) is 1. The molecule has 0 saturated carbocycles. The van der Waals surface area contributed by atoms with Gasteiger partial charge in [-0.2, -0.15) is 0 Å². The topological polar surface area (TPSA) is 55.4 Å². The fraction of sp³-hybridized carbons (Fsp3) is 0.176. The number of esters is 1. The van der Waals surface area contributed by atoms with Gasteiger partial charge in [0.1, 0.15) is 5.82 Å². The molecule has 0 spiro atoms. The summed E-state index contributed by atoms with van der Waals surface area (Å²) >= 11 is 17.5. The molecule has 1 unspecified atom stereocenters. The number of ether oxygens (including phenoxy) is 1. The third-order valence-electron chi connectivity index (χ3n) is 3.20. The quantitative estimate of drug-likeness (QED) is 0.721. The van der Waals surface area contributed by atoms with Crippen LogP contribution in [0.3, 0.4) is 0 Å². The van der Waals surface area contributed by atoms with Crippen molar-refractivity contribution < 1.29 is 18.7 Å². The molecule has 25 heavy (non-hydrogen) atoms. The fourth-order valence-electron chi connectivity index (χ4n) is 1.93. The van der Waals surface area contributed by atoms with Crippen molar-refractivity contribution in [3.05, 3.63) is 62.8 Å². The van der Waals surface area contributed by atoms with Crippen LogP contribution >= 0.6 is 34.8 Å². The molecule has 4 nitrogen and oxygen atoms in total. The number of carbonyl (C=O) groups excluding carboxylic acids is 2. The molecule has 0 saturated heterocycles. The van der Waals surface area contributed by atoms with E-state index in [4.69, 9.17) is 39.5 Å². The van der Waals surface area contributed by atoms with Gasteiger partial charge in [-0.15, -0.1) is 0 Å². The summed E-state index contributed by atoms with van der Waals surface area (Å²) in [6, 6.07) is 8.30. The number of hydrogen-bond acceptors (Lipinski definition) is 3. The fourth-order valence-corrected chi connectivity index (χ4v) is 2.47. The zero-order valence-electron chi connectivity index (χ0n) is 13.0. The minimum absolute atomic E-state index is 0.0442. The molecule has 0 bridgehead atoms. The average molecular weight is 405 g/mol. The van der Waals surface area contributed by atoms with Crippen LogP contribution in [-0.2, 0) is 20.7 Å². The Kier molecular flexibility index (Phi) is 6.64. The van der Waals surface area contributed by atoms with Gasteiger partial charge in [-0.3, -0.25) is 9.59 Å². The molecule has 1 N–H and O–H groups in total. The highest BCUT2D eigenvalue weighted by atomic mass is 35.5. The van der Waals surface area contributed by atoms with E-state index in [2.05, 4.69) is 5.32 Å². The van der Waals surface area contributed by atoms with Gasteiger partial charge in [0.15, 0.2) is 6.10 Å². The van der Waals surface area contributed by atoms with Crippen LogP contribution in [0, 0.1) is 5.82 Å². The standard InChI is InChI=1S/C17H13Cl3FNO3/c1-9(17(24)22-15-5-3-11(21)8-14(15)20)25-16(23)7-10-2-4-12(18)13(19)6-10/h2-6,8-9H,7H2,1H3,(H,22,24). The van der Waals surface area contributed by atoms with Crippen LogP contribution in [0.5, 0.6) is 0 Å². The Morgan fingerprint density at radius 1 is 1.08 bits per heavy atom. The largest absolute Gasteiger partial charge is 0.452 e. The van der Waals surface area contributed by atoms with E-state index in [1.165, 1.54) is 13.0 Å². The van der Waals surface area contributed by atoms with Crippen molar-refractivity contribution in [3.63, 3.8) is 0 Å². The van der Waals surface area contributed by atoms with E-state index in [-0.39, 0.29) is 17.1 Å². The Bertz CT molecular complexity index is 814. The lowest BCUT2D eigenvalue weighted by Gasteiger charge is -2.14. The first kappa shape index (κ1) is 19.5. The van der Waals surface area contributed by atoms with Crippen LogP contribution < -0.4 is 5.32 Å². The van der Waals surface area contributed by atoms with Crippen molar-refractivity contribution in [2.75, 3.05) is 5.32 Å². The lowest BCUT2D eigenvalue weighted by Crippen LogP contribution is -2.30. The second-order valence-electron chi connectivity index (χ2n) is 5.17. The van der Waals surface area contributed by atoms with Crippen LogP contribution in [0.15, 0.2) is 36.4 Å². The molecular formula is C17H13Cl3FNO3. The molecule has 0 aliphatic heterocycles. The molecule has 2 aromatic rings. The molecule has 0 aromatic heterocycles. The van der Waals surface area contributed by atoms with Crippen LogP contribution in [-0.4, -0.2) is 18.0 Å². The molecule has 132 valence electrons. The van der Waals surface area contributed by atoms with Crippen molar-refractivity contribution in [1.29, 1.82) is 0 Å². The molecule has 0 aliphatic rings. The second-order valence-corrected chi connectivity index (χ2v) is 6.39. The lowest BCUT2D eigenvalue weighted by atomic mass is 10.1.